The Labute approximate surface area is 169 Å². The summed E-state index contributed by atoms with van der Waals surface area (Å²) in [4.78, 5) is 26.7. The number of aryl methyl sites for hydroxylation is 1. The van der Waals surface area contributed by atoms with E-state index in [-0.39, 0.29) is 0 Å². The highest BCUT2D eigenvalue weighted by Gasteiger charge is 2.18. The molecule has 0 aliphatic carbocycles. The molecule has 0 saturated carbocycles. The number of hydrogen-bond donors (Lipinski definition) is 1. The Morgan fingerprint density at radius 2 is 1.62 bits per heavy atom. The average Bonchev–Trinajstić information content (AvgIpc) is 2.76. The maximum Gasteiger partial charge on any atom is 0.234 e. The SMILES string of the molecule is CCc1nc(Nc2ncc(Oc3ccccc3)cn2)nc(N2CCN(C)CC2)n1. The summed E-state index contributed by atoms with van der Waals surface area (Å²) in [5.74, 6) is 3.57. The molecule has 0 atom stereocenters. The molecule has 150 valence electrons. The van der Waals surface area contributed by atoms with E-state index in [0.29, 0.717) is 23.6 Å². The maximum atomic E-state index is 5.72. The Morgan fingerprint density at radius 1 is 0.897 bits per heavy atom. The Bertz CT molecular complexity index is 927. The maximum absolute atomic E-state index is 5.72. The van der Waals surface area contributed by atoms with E-state index in [4.69, 9.17) is 4.74 Å². The van der Waals surface area contributed by atoms with Crippen LogP contribution in [-0.4, -0.2) is 63.0 Å². The van der Waals surface area contributed by atoms with Crippen molar-refractivity contribution in [1.29, 1.82) is 0 Å². The van der Waals surface area contributed by atoms with Crippen molar-refractivity contribution in [2.45, 2.75) is 13.3 Å². The highest BCUT2D eigenvalue weighted by Crippen LogP contribution is 2.20. The third-order valence-corrected chi connectivity index (χ3v) is 4.60. The van der Waals surface area contributed by atoms with Crippen LogP contribution in [0.4, 0.5) is 17.8 Å². The molecule has 1 aliphatic heterocycles. The Morgan fingerprint density at radius 3 is 2.31 bits per heavy atom. The monoisotopic (exact) mass is 392 g/mol. The van der Waals surface area contributed by atoms with Crippen molar-refractivity contribution in [3.63, 3.8) is 0 Å². The van der Waals surface area contributed by atoms with E-state index in [2.05, 4.69) is 47.1 Å². The number of anilines is 3. The van der Waals surface area contributed by atoms with Gasteiger partial charge in [-0.15, -0.1) is 0 Å². The third kappa shape index (κ3) is 4.94. The number of nitrogens with one attached hydrogen (secondary N) is 1. The lowest BCUT2D eigenvalue weighted by molar-refractivity contribution is 0.311. The molecule has 3 aromatic rings. The van der Waals surface area contributed by atoms with Gasteiger partial charge in [-0.25, -0.2) is 9.97 Å². The van der Waals surface area contributed by atoms with E-state index in [1.807, 2.05) is 37.3 Å². The molecular formula is C20H24N8O. The number of rotatable bonds is 6. The molecule has 9 nitrogen and oxygen atoms in total. The summed E-state index contributed by atoms with van der Waals surface area (Å²) in [7, 11) is 2.12. The second-order valence-corrected chi connectivity index (χ2v) is 6.80. The van der Waals surface area contributed by atoms with Crippen LogP contribution in [0.15, 0.2) is 42.7 Å². The fourth-order valence-electron chi connectivity index (χ4n) is 2.93. The first-order chi connectivity index (χ1) is 14.2. The molecule has 1 N–H and O–H groups in total. The van der Waals surface area contributed by atoms with Crippen molar-refractivity contribution < 1.29 is 4.74 Å². The lowest BCUT2D eigenvalue weighted by Gasteiger charge is -2.32. The van der Waals surface area contributed by atoms with Gasteiger partial charge < -0.3 is 14.5 Å². The largest absolute Gasteiger partial charge is 0.454 e. The van der Waals surface area contributed by atoms with Crippen LogP contribution in [0.3, 0.4) is 0 Å². The standard InChI is InChI=1S/C20H24N8O/c1-3-17-23-19(26-20(24-17)28-11-9-27(2)10-12-28)25-18-21-13-16(14-22-18)29-15-7-5-4-6-8-15/h4-8,13-14H,3,9-12H2,1-2H3,(H,21,22,23,24,25,26). The van der Waals surface area contributed by atoms with E-state index < -0.39 is 0 Å². The third-order valence-electron chi connectivity index (χ3n) is 4.60. The molecule has 9 heteroatoms. The van der Waals surface area contributed by atoms with Gasteiger partial charge in [0.25, 0.3) is 0 Å². The molecule has 3 heterocycles. The quantitative estimate of drug-likeness (QED) is 0.679. The Hall–Kier alpha value is -3.33. The summed E-state index contributed by atoms with van der Waals surface area (Å²) in [6, 6.07) is 9.52. The van der Waals surface area contributed by atoms with Gasteiger partial charge in [0.2, 0.25) is 17.8 Å². The summed E-state index contributed by atoms with van der Waals surface area (Å²) in [6.07, 6.45) is 3.96. The first kappa shape index (κ1) is 19.0. The van der Waals surface area contributed by atoms with Crippen molar-refractivity contribution in [2.24, 2.45) is 0 Å². The first-order valence-electron chi connectivity index (χ1n) is 9.70. The van der Waals surface area contributed by atoms with Gasteiger partial charge in [0.1, 0.15) is 11.6 Å². The summed E-state index contributed by atoms with van der Waals surface area (Å²) in [6.45, 7) is 5.79. The lowest BCUT2D eigenvalue weighted by Crippen LogP contribution is -2.45. The van der Waals surface area contributed by atoms with Crippen LogP contribution in [-0.2, 0) is 6.42 Å². The van der Waals surface area contributed by atoms with E-state index >= 15 is 0 Å². The molecule has 1 aliphatic rings. The molecule has 1 aromatic carbocycles. The second-order valence-electron chi connectivity index (χ2n) is 6.80. The lowest BCUT2D eigenvalue weighted by atomic mass is 10.3. The van der Waals surface area contributed by atoms with Crippen LogP contribution < -0.4 is 15.0 Å². The minimum Gasteiger partial charge on any atom is -0.454 e. The van der Waals surface area contributed by atoms with E-state index in [0.717, 1.165) is 44.2 Å². The molecule has 4 rings (SSSR count). The van der Waals surface area contributed by atoms with Crippen molar-refractivity contribution in [2.75, 3.05) is 43.4 Å². The number of ether oxygens (including phenoxy) is 1. The minimum atomic E-state index is 0.406. The molecule has 0 amide bonds. The topological polar surface area (TPSA) is 92.2 Å². The fraction of sp³-hybridized carbons (Fsp3) is 0.350. The van der Waals surface area contributed by atoms with Crippen LogP contribution in [0, 0.1) is 0 Å². The predicted octanol–water partition coefficient (Wildman–Crippen LogP) is 2.51. The number of aromatic nitrogens is 5. The minimum absolute atomic E-state index is 0.406. The van der Waals surface area contributed by atoms with Crippen LogP contribution in [0.25, 0.3) is 0 Å². The van der Waals surface area contributed by atoms with Crippen molar-refractivity contribution in [3.05, 3.63) is 48.5 Å². The average molecular weight is 392 g/mol. The van der Waals surface area contributed by atoms with Gasteiger partial charge in [0, 0.05) is 32.6 Å². The number of benzene rings is 1. The summed E-state index contributed by atoms with van der Waals surface area (Å²) < 4.78 is 5.72. The number of likely N-dealkylation sites (N-methyl/N-ethyl adjacent to an activating group) is 1. The second kappa shape index (κ2) is 8.78. The fourth-order valence-corrected chi connectivity index (χ4v) is 2.93. The number of nitrogens with zero attached hydrogens (tertiary/aromatic N) is 7. The van der Waals surface area contributed by atoms with Gasteiger partial charge in [0.15, 0.2) is 5.75 Å². The van der Waals surface area contributed by atoms with Crippen LogP contribution >= 0.6 is 0 Å². The summed E-state index contributed by atoms with van der Waals surface area (Å²) in [5.41, 5.74) is 0. The normalized spacial score (nSPS) is 14.6. The molecule has 0 radical (unpaired) electrons. The zero-order valence-electron chi connectivity index (χ0n) is 16.6. The molecule has 0 bridgehead atoms. The summed E-state index contributed by atoms with van der Waals surface area (Å²) >= 11 is 0. The van der Waals surface area contributed by atoms with Gasteiger partial charge in [-0.3, -0.25) is 5.32 Å². The van der Waals surface area contributed by atoms with Crippen molar-refractivity contribution >= 4 is 17.8 Å². The smallest absolute Gasteiger partial charge is 0.234 e. The van der Waals surface area contributed by atoms with Crippen LogP contribution in [0.1, 0.15) is 12.7 Å². The predicted molar refractivity (Wildman–Crippen MR) is 111 cm³/mol. The zero-order valence-corrected chi connectivity index (χ0v) is 16.6. The van der Waals surface area contributed by atoms with Crippen molar-refractivity contribution in [1.82, 2.24) is 29.8 Å². The first-order valence-corrected chi connectivity index (χ1v) is 9.70. The van der Waals surface area contributed by atoms with E-state index in [1.165, 1.54) is 0 Å². The van der Waals surface area contributed by atoms with Gasteiger partial charge in [-0.1, -0.05) is 25.1 Å². The van der Waals surface area contributed by atoms with Gasteiger partial charge in [-0.05, 0) is 19.2 Å². The van der Waals surface area contributed by atoms with Gasteiger partial charge >= 0.3 is 0 Å². The number of piperazine rings is 1. The number of hydrogen-bond acceptors (Lipinski definition) is 9. The summed E-state index contributed by atoms with van der Waals surface area (Å²) in [5, 5.41) is 3.08. The highest BCUT2D eigenvalue weighted by atomic mass is 16.5. The van der Waals surface area contributed by atoms with Crippen LogP contribution in [0.2, 0.25) is 0 Å². The van der Waals surface area contributed by atoms with Gasteiger partial charge in [0.05, 0.1) is 12.4 Å². The van der Waals surface area contributed by atoms with Crippen LogP contribution in [0.5, 0.6) is 11.5 Å². The highest BCUT2D eigenvalue weighted by molar-refractivity contribution is 5.46. The Balaban J connectivity index is 1.47. The molecule has 29 heavy (non-hydrogen) atoms. The van der Waals surface area contributed by atoms with Crippen molar-refractivity contribution in [3.8, 4) is 11.5 Å². The molecule has 2 aromatic heterocycles. The molecule has 0 spiro atoms. The van der Waals surface area contributed by atoms with Gasteiger partial charge in [-0.2, -0.15) is 15.0 Å². The molecule has 1 saturated heterocycles. The van der Waals surface area contributed by atoms with E-state index in [1.54, 1.807) is 12.4 Å². The molecule has 0 unspecified atom stereocenters. The van der Waals surface area contributed by atoms with E-state index in [9.17, 15) is 0 Å². The zero-order chi connectivity index (χ0) is 20.1. The Kier molecular flexibility index (Phi) is 5.76. The molecule has 1 fully saturated rings. The molecular weight excluding hydrogens is 368 g/mol. The number of para-hydroxylation sites is 1.